The van der Waals surface area contributed by atoms with Gasteiger partial charge in [-0.1, -0.05) is 0 Å². The number of hydrogen-bond donors (Lipinski definition) is 1. The third-order valence-electron chi connectivity index (χ3n) is 4.10. The topological polar surface area (TPSA) is 97.9 Å². The summed E-state index contributed by atoms with van der Waals surface area (Å²) >= 11 is 0. The number of furan rings is 1. The Balaban J connectivity index is 1.81. The van der Waals surface area contributed by atoms with Crippen LogP contribution in [0.1, 0.15) is 29.1 Å². The van der Waals surface area contributed by atoms with E-state index in [4.69, 9.17) is 9.15 Å². The van der Waals surface area contributed by atoms with E-state index in [2.05, 4.69) is 5.32 Å². The molecule has 0 radical (unpaired) electrons. The molecule has 1 amide bonds. The van der Waals surface area contributed by atoms with Gasteiger partial charge >= 0.3 is 0 Å². The number of rotatable bonds is 5. The lowest BCUT2D eigenvalue weighted by Gasteiger charge is -2.28. The summed E-state index contributed by atoms with van der Waals surface area (Å²) in [6.45, 7) is 4.01. The summed E-state index contributed by atoms with van der Waals surface area (Å²) in [7, 11) is 0. The second-order valence-electron chi connectivity index (χ2n) is 5.77. The van der Waals surface area contributed by atoms with Crippen LogP contribution in [-0.4, -0.2) is 37.1 Å². The number of nitro groups is 1. The average Bonchev–Trinajstić information content (AvgIpc) is 3.16. The fourth-order valence-electron chi connectivity index (χ4n) is 2.77. The van der Waals surface area contributed by atoms with E-state index in [1.54, 1.807) is 31.2 Å². The van der Waals surface area contributed by atoms with E-state index in [-0.39, 0.29) is 23.2 Å². The van der Waals surface area contributed by atoms with Gasteiger partial charge in [-0.15, -0.1) is 0 Å². The molecule has 1 aromatic heterocycles. The Labute approximate surface area is 144 Å². The molecule has 8 heteroatoms. The van der Waals surface area contributed by atoms with Crippen LogP contribution in [0.25, 0.3) is 0 Å². The monoisotopic (exact) mass is 345 g/mol. The van der Waals surface area contributed by atoms with Crippen molar-refractivity contribution in [1.29, 1.82) is 0 Å². The molecule has 2 heterocycles. The second kappa shape index (κ2) is 7.35. The zero-order valence-electron chi connectivity index (χ0n) is 13.8. The van der Waals surface area contributed by atoms with Gasteiger partial charge < -0.3 is 19.4 Å². The van der Waals surface area contributed by atoms with Gasteiger partial charge in [0, 0.05) is 24.7 Å². The number of nitro benzene ring substituents is 1. The summed E-state index contributed by atoms with van der Waals surface area (Å²) in [5, 5.41) is 14.2. The van der Waals surface area contributed by atoms with E-state index in [0.717, 1.165) is 0 Å². The summed E-state index contributed by atoms with van der Waals surface area (Å²) in [6, 6.07) is 7.70. The van der Waals surface area contributed by atoms with Crippen molar-refractivity contribution in [3.8, 4) is 0 Å². The van der Waals surface area contributed by atoms with Gasteiger partial charge in [-0.05, 0) is 31.2 Å². The van der Waals surface area contributed by atoms with Crippen LogP contribution >= 0.6 is 0 Å². The standard InChI is InChI=1S/C17H19N3O5/c1-12(16-3-2-8-25-16)18-17(21)13-4-5-14(15(11-13)20(22)23)19-6-9-24-10-7-19/h2-5,8,11-12H,6-7,9-10H2,1H3,(H,18,21). The minimum absolute atomic E-state index is 0.0831. The van der Waals surface area contributed by atoms with Crippen molar-refractivity contribution >= 4 is 17.3 Å². The molecule has 1 saturated heterocycles. The van der Waals surface area contributed by atoms with E-state index in [1.807, 2.05) is 4.90 Å². The zero-order valence-corrected chi connectivity index (χ0v) is 13.8. The van der Waals surface area contributed by atoms with E-state index in [0.29, 0.717) is 37.8 Å². The Bertz CT molecular complexity index is 754. The maximum Gasteiger partial charge on any atom is 0.293 e. The average molecular weight is 345 g/mol. The van der Waals surface area contributed by atoms with E-state index in [1.165, 1.54) is 12.3 Å². The highest BCUT2D eigenvalue weighted by atomic mass is 16.6. The minimum atomic E-state index is -0.461. The third-order valence-corrected chi connectivity index (χ3v) is 4.10. The highest BCUT2D eigenvalue weighted by molar-refractivity contribution is 5.96. The molecular formula is C17H19N3O5. The van der Waals surface area contributed by atoms with Crippen molar-refractivity contribution in [3.63, 3.8) is 0 Å². The number of carbonyl (C=O) groups is 1. The number of benzene rings is 1. The zero-order chi connectivity index (χ0) is 17.8. The molecule has 1 N–H and O–H groups in total. The van der Waals surface area contributed by atoms with Crippen LogP contribution in [0, 0.1) is 10.1 Å². The number of hydrogen-bond acceptors (Lipinski definition) is 6. The number of carbonyl (C=O) groups excluding carboxylic acids is 1. The van der Waals surface area contributed by atoms with Crippen molar-refractivity contribution in [3.05, 3.63) is 58.0 Å². The SMILES string of the molecule is CC(NC(=O)c1ccc(N2CCOCC2)c([N+](=O)[O-])c1)c1ccco1. The molecule has 3 rings (SSSR count). The molecule has 1 aliphatic rings. The van der Waals surface area contributed by atoms with Crippen LogP contribution in [0.2, 0.25) is 0 Å². The quantitative estimate of drug-likeness (QED) is 0.660. The number of amides is 1. The normalized spacial score (nSPS) is 15.6. The lowest BCUT2D eigenvalue weighted by molar-refractivity contribution is -0.384. The largest absolute Gasteiger partial charge is 0.467 e. The Hall–Kier alpha value is -2.87. The number of morpholine rings is 1. The molecule has 1 atom stereocenters. The summed E-state index contributed by atoms with van der Waals surface area (Å²) in [5.41, 5.74) is 0.659. The number of nitrogens with zero attached hydrogens (tertiary/aromatic N) is 2. The Kier molecular flexibility index (Phi) is 4.99. The summed E-state index contributed by atoms with van der Waals surface area (Å²) in [4.78, 5) is 25.3. The van der Waals surface area contributed by atoms with Crippen LogP contribution in [0.5, 0.6) is 0 Å². The van der Waals surface area contributed by atoms with E-state index >= 15 is 0 Å². The first-order valence-corrected chi connectivity index (χ1v) is 8.01. The summed E-state index contributed by atoms with van der Waals surface area (Å²) < 4.78 is 10.5. The smallest absolute Gasteiger partial charge is 0.293 e. The Morgan fingerprint density at radius 1 is 1.32 bits per heavy atom. The first kappa shape index (κ1) is 17.0. The van der Waals surface area contributed by atoms with Gasteiger partial charge in [-0.3, -0.25) is 14.9 Å². The molecule has 0 bridgehead atoms. The Morgan fingerprint density at radius 3 is 2.72 bits per heavy atom. The lowest BCUT2D eigenvalue weighted by Crippen LogP contribution is -2.36. The van der Waals surface area contributed by atoms with Gasteiger partial charge in [0.25, 0.3) is 11.6 Å². The first-order valence-electron chi connectivity index (χ1n) is 8.01. The predicted molar refractivity (Wildman–Crippen MR) is 90.7 cm³/mol. The molecule has 0 spiro atoms. The molecular weight excluding hydrogens is 326 g/mol. The van der Waals surface area contributed by atoms with Crippen LogP contribution in [-0.2, 0) is 4.74 Å². The molecule has 1 fully saturated rings. The van der Waals surface area contributed by atoms with Gasteiger partial charge in [-0.2, -0.15) is 0 Å². The van der Waals surface area contributed by atoms with Gasteiger partial charge in [0.05, 0.1) is 30.4 Å². The fourth-order valence-corrected chi connectivity index (χ4v) is 2.77. The number of anilines is 1. The molecule has 132 valence electrons. The van der Waals surface area contributed by atoms with Crippen LogP contribution in [0.4, 0.5) is 11.4 Å². The highest BCUT2D eigenvalue weighted by Gasteiger charge is 2.24. The molecule has 25 heavy (non-hydrogen) atoms. The van der Waals surface area contributed by atoms with Crippen LogP contribution < -0.4 is 10.2 Å². The molecule has 8 nitrogen and oxygen atoms in total. The fraction of sp³-hybridized carbons (Fsp3) is 0.353. The molecule has 1 aromatic carbocycles. The lowest BCUT2D eigenvalue weighted by atomic mass is 10.1. The van der Waals surface area contributed by atoms with Crippen LogP contribution in [0.15, 0.2) is 41.0 Å². The van der Waals surface area contributed by atoms with Crippen molar-refractivity contribution in [1.82, 2.24) is 5.32 Å². The second-order valence-corrected chi connectivity index (χ2v) is 5.77. The first-order chi connectivity index (χ1) is 12.1. The number of nitrogens with one attached hydrogen (secondary N) is 1. The third kappa shape index (κ3) is 3.80. The summed E-state index contributed by atoms with van der Waals surface area (Å²) in [6.07, 6.45) is 1.53. The van der Waals surface area contributed by atoms with Gasteiger partial charge in [0.15, 0.2) is 0 Å². The van der Waals surface area contributed by atoms with Gasteiger partial charge in [0.2, 0.25) is 0 Å². The van der Waals surface area contributed by atoms with Crippen molar-refractivity contribution in [2.24, 2.45) is 0 Å². The van der Waals surface area contributed by atoms with Crippen molar-refractivity contribution < 1.29 is 18.9 Å². The Morgan fingerprint density at radius 2 is 2.08 bits per heavy atom. The minimum Gasteiger partial charge on any atom is -0.467 e. The molecule has 1 aliphatic heterocycles. The molecule has 0 saturated carbocycles. The van der Waals surface area contributed by atoms with Crippen molar-refractivity contribution in [2.45, 2.75) is 13.0 Å². The highest BCUT2D eigenvalue weighted by Crippen LogP contribution is 2.30. The molecule has 1 unspecified atom stereocenters. The van der Waals surface area contributed by atoms with Crippen LogP contribution in [0.3, 0.4) is 0 Å². The molecule has 2 aromatic rings. The molecule has 0 aliphatic carbocycles. The number of ether oxygens (including phenoxy) is 1. The maximum absolute atomic E-state index is 12.4. The van der Waals surface area contributed by atoms with Crippen molar-refractivity contribution in [2.75, 3.05) is 31.2 Å². The maximum atomic E-state index is 12.4. The van der Waals surface area contributed by atoms with E-state index in [9.17, 15) is 14.9 Å². The summed E-state index contributed by atoms with van der Waals surface area (Å²) in [5.74, 6) is 0.230. The van der Waals surface area contributed by atoms with E-state index < -0.39 is 4.92 Å². The van der Waals surface area contributed by atoms with Gasteiger partial charge in [0.1, 0.15) is 11.4 Å². The van der Waals surface area contributed by atoms with Gasteiger partial charge in [-0.25, -0.2) is 0 Å². The predicted octanol–water partition coefficient (Wildman–Crippen LogP) is 2.52.